The molecule has 0 aromatic carbocycles. The largest absolute Gasteiger partial charge is 0.103 e. The van der Waals surface area contributed by atoms with Crippen molar-refractivity contribution >= 4 is 0 Å². The van der Waals surface area contributed by atoms with Crippen molar-refractivity contribution in [3.05, 3.63) is 12.7 Å². The van der Waals surface area contributed by atoms with Gasteiger partial charge in [0.25, 0.3) is 0 Å². The first kappa shape index (κ1) is 2.91. The summed E-state index contributed by atoms with van der Waals surface area (Å²) < 4.78 is 14.4. The average molecular weight is 98.2 g/mol. The normalized spacial score (nSPS) is 38.6. The lowest BCUT2D eigenvalue weighted by Crippen LogP contribution is -1.69. The average Bonchev–Trinajstić information content (AvgIpc) is 2.35. The Morgan fingerprint density at radius 3 is 3.14 bits per heavy atom. The summed E-state index contributed by atoms with van der Waals surface area (Å²) in [5.41, 5.74) is 0. The molecule has 1 atom stereocenters. The van der Waals surface area contributed by atoms with Crippen LogP contribution >= 0.6 is 0 Å². The van der Waals surface area contributed by atoms with Gasteiger partial charge < -0.3 is 0 Å². The third kappa shape index (κ3) is 1.77. The Morgan fingerprint density at radius 2 is 2.71 bits per heavy atom. The third-order valence-electron chi connectivity index (χ3n) is 1.21. The van der Waals surface area contributed by atoms with Gasteiger partial charge in [0.15, 0.2) is 0 Å². The molecule has 1 fully saturated rings. The summed E-state index contributed by atoms with van der Waals surface area (Å²) in [5.74, 6) is 0.329. The van der Waals surface area contributed by atoms with Crippen LogP contribution in [0.25, 0.3) is 0 Å². The zero-order valence-corrected chi connectivity index (χ0v) is 4.48. The van der Waals surface area contributed by atoms with Gasteiger partial charge in [-0.15, -0.1) is 6.58 Å². The standard InChI is InChI=1S/C7H12/c1-2-3-4-7-5-6-7/h2,7H,1,3-6H2/i5D2. The molecular formula is C7H12. The number of hydrogen-bond donors (Lipinski definition) is 0. The Morgan fingerprint density at radius 1 is 2.00 bits per heavy atom. The summed E-state index contributed by atoms with van der Waals surface area (Å²) in [6.07, 6.45) is 3.74. The van der Waals surface area contributed by atoms with Gasteiger partial charge in [-0.25, -0.2) is 0 Å². The molecule has 7 heavy (non-hydrogen) atoms. The smallest absolute Gasteiger partial charge is 0.0269 e. The molecule has 0 radical (unpaired) electrons. The van der Waals surface area contributed by atoms with Gasteiger partial charge in [-0.2, -0.15) is 0 Å². The lowest BCUT2D eigenvalue weighted by molar-refractivity contribution is 0.743. The summed E-state index contributed by atoms with van der Waals surface area (Å²) in [6.45, 7) is 3.59. The first-order valence-corrected chi connectivity index (χ1v) is 2.78. The zero-order chi connectivity index (χ0) is 6.91. The second-order valence-corrected chi connectivity index (χ2v) is 1.97. The van der Waals surface area contributed by atoms with Crippen LogP contribution in [0.3, 0.4) is 0 Å². The van der Waals surface area contributed by atoms with Crippen LogP contribution in [0.1, 0.15) is 28.4 Å². The van der Waals surface area contributed by atoms with Crippen LogP contribution < -0.4 is 0 Å². The highest BCUT2D eigenvalue weighted by Gasteiger charge is 2.19. The Kier molecular flexibility index (Phi) is 0.894. The molecule has 0 heterocycles. The predicted octanol–water partition coefficient (Wildman–Crippen LogP) is 2.36. The molecule has 1 aliphatic carbocycles. The maximum atomic E-state index is 7.22. The minimum Gasteiger partial charge on any atom is -0.103 e. The molecule has 0 aromatic heterocycles. The molecule has 0 N–H and O–H groups in total. The van der Waals surface area contributed by atoms with Crippen molar-refractivity contribution in [3.63, 3.8) is 0 Å². The van der Waals surface area contributed by atoms with E-state index in [0.29, 0.717) is 5.92 Å². The highest BCUT2D eigenvalue weighted by molar-refractivity contribution is 4.77. The van der Waals surface area contributed by atoms with E-state index in [9.17, 15) is 0 Å². The fourth-order valence-electron chi connectivity index (χ4n) is 0.606. The van der Waals surface area contributed by atoms with Crippen LogP contribution in [0.5, 0.6) is 0 Å². The van der Waals surface area contributed by atoms with E-state index in [4.69, 9.17) is 2.74 Å². The highest BCUT2D eigenvalue weighted by atomic mass is 14.2. The lowest BCUT2D eigenvalue weighted by atomic mass is 10.2. The lowest BCUT2D eigenvalue weighted by Gasteiger charge is -1.85. The van der Waals surface area contributed by atoms with E-state index in [1.54, 1.807) is 0 Å². The quantitative estimate of drug-likeness (QED) is 0.475. The van der Waals surface area contributed by atoms with E-state index in [0.717, 1.165) is 19.3 Å². The first-order valence-electron chi connectivity index (χ1n) is 3.78. The molecule has 1 aliphatic rings. The van der Waals surface area contributed by atoms with Gasteiger partial charge in [-0.1, -0.05) is 18.9 Å². The van der Waals surface area contributed by atoms with Gasteiger partial charge in [0.2, 0.25) is 0 Å². The molecule has 0 heteroatoms. The molecule has 0 aliphatic heterocycles. The van der Waals surface area contributed by atoms with E-state index in [1.165, 1.54) is 0 Å². The van der Waals surface area contributed by atoms with Gasteiger partial charge in [0.1, 0.15) is 0 Å². The number of hydrogen-bond acceptors (Lipinski definition) is 0. The Labute approximate surface area is 48.0 Å². The van der Waals surface area contributed by atoms with Crippen LogP contribution in [0.4, 0.5) is 0 Å². The Bertz CT molecular complexity index is 118. The number of rotatable bonds is 3. The SMILES string of the molecule is [2H]C1([2H])CC1CCC=C. The van der Waals surface area contributed by atoms with E-state index >= 15 is 0 Å². The molecule has 1 saturated carbocycles. The summed E-state index contributed by atoms with van der Waals surface area (Å²) in [4.78, 5) is 0. The maximum Gasteiger partial charge on any atom is 0.0269 e. The topological polar surface area (TPSA) is 0 Å². The summed E-state index contributed by atoms with van der Waals surface area (Å²) in [5, 5.41) is 0. The first-order chi connectivity index (χ1) is 4.17. The third-order valence-corrected chi connectivity index (χ3v) is 1.21. The molecule has 0 bridgehead atoms. The molecule has 0 spiro atoms. The van der Waals surface area contributed by atoms with E-state index in [1.807, 2.05) is 6.08 Å². The van der Waals surface area contributed by atoms with Crippen molar-refractivity contribution in [2.24, 2.45) is 5.92 Å². The minimum absolute atomic E-state index is 0.329. The van der Waals surface area contributed by atoms with Gasteiger partial charge in [-0.05, 0) is 18.8 Å². The molecule has 40 valence electrons. The summed E-state index contributed by atoms with van der Waals surface area (Å²) >= 11 is 0. The van der Waals surface area contributed by atoms with E-state index in [2.05, 4.69) is 6.58 Å². The van der Waals surface area contributed by atoms with Gasteiger partial charge in [-0.3, -0.25) is 0 Å². The molecule has 0 nitrogen and oxygen atoms in total. The fourth-order valence-corrected chi connectivity index (χ4v) is 0.606. The van der Waals surface area contributed by atoms with Crippen molar-refractivity contribution in [2.45, 2.75) is 25.6 Å². The van der Waals surface area contributed by atoms with Gasteiger partial charge >= 0.3 is 0 Å². The van der Waals surface area contributed by atoms with E-state index in [-0.39, 0.29) is 0 Å². The summed E-state index contributed by atoms with van der Waals surface area (Å²) in [7, 11) is 0. The van der Waals surface area contributed by atoms with Crippen LogP contribution in [0.2, 0.25) is 0 Å². The second-order valence-electron chi connectivity index (χ2n) is 1.97. The van der Waals surface area contributed by atoms with Crippen LogP contribution in [0.15, 0.2) is 12.7 Å². The molecular weight excluding hydrogens is 84.1 g/mol. The van der Waals surface area contributed by atoms with Crippen molar-refractivity contribution in [3.8, 4) is 0 Å². The van der Waals surface area contributed by atoms with Crippen molar-refractivity contribution in [1.29, 1.82) is 0 Å². The highest BCUT2D eigenvalue weighted by Crippen LogP contribution is 2.33. The predicted molar refractivity (Wildman–Crippen MR) is 32.2 cm³/mol. The molecule has 1 rings (SSSR count). The molecule has 1 unspecified atom stereocenters. The van der Waals surface area contributed by atoms with E-state index < -0.39 is 6.37 Å². The van der Waals surface area contributed by atoms with Gasteiger partial charge in [0, 0.05) is 2.74 Å². The minimum atomic E-state index is -0.830. The van der Waals surface area contributed by atoms with Crippen molar-refractivity contribution in [2.75, 3.05) is 0 Å². The monoisotopic (exact) mass is 98.1 g/mol. The molecule has 0 saturated heterocycles. The van der Waals surface area contributed by atoms with Crippen LogP contribution in [0, 0.1) is 5.92 Å². The van der Waals surface area contributed by atoms with Crippen LogP contribution in [-0.2, 0) is 0 Å². The molecule has 0 amide bonds. The Balaban J connectivity index is 2.12. The Hall–Kier alpha value is -0.260. The number of allylic oxidation sites excluding steroid dienone is 1. The van der Waals surface area contributed by atoms with Crippen molar-refractivity contribution in [1.82, 2.24) is 0 Å². The van der Waals surface area contributed by atoms with Crippen LogP contribution in [-0.4, -0.2) is 0 Å². The zero-order valence-electron chi connectivity index (χ0n) is 6.48. The van der Waals surface area contributed by atoms with Gasteiger partial charge in [0.05, 0.1) is 0 Å². The maximum absolute atomic E-state index is 7.22. The fraction of sp³-hybridized carbons (Fsp3) is 0.714. The second kappa shape index (κ2) is 2.15. The van der Waals surface area contributed by atoms with Crippen molar-refractivity contribution < 1.29 is 2.74 Å². The summed E-state index contributed by atoms with van der Waals surface area (Å²) in [6, 6.07) is 0. The molecule has 0 aromatic rings.